The lowest BCUT2D eigenvalue weighted by Crippen LogP contribution is -2.24. The molecule has 0 spiro atoms. The van der Waals surface area contributed by atoms with Crippen molar-refractivity contribution in [3.8, 4) is 0 Å². The smallest absolute Gasteiger partial charge is 0.266 e. The first kappa shape index (κ1) is 21.9. The summed E-state index contributed by atoms with van der Waals surface area (Å²) in [6.45, 7) is 6.25. The zero-order valence-electron chi connectivity index (χ0n) is 17.9. The molecule has 2 aromatic heterocycles. The molecule has 31 heavy (non-hydrogen) atoms. The molecule has 1 aliphatic rings. The minimum Gasteiger partial charge on any atom is -0.321 e. The summed E-state index contributed by atoms with van der Waals surface area (Å²) in [5.74, 6) is 1.03. The number of carbonyl (C=O) groups excluding carboxylic acids is 1. The predicted molar refractivity (Wildman–Crippen MR) is 123 cm³/mol. The van der Waals surface area contributed by atoms with E-state index in [2.05, 4.69) is 15.0 Å². The largest absolute Gasteiger partial charge is 0.321 e. The van der Waals surface area contributed by atoms with E-state index in [9.17, 15) is 13.2 Å². The average Bonchev–Trinajstić information content (AvgIpc) is 3.52. The summed E-state index contributed by atoms with van der Waals surface area (Å²) in [5.41, 5.74) is 2.18. The first-order valence-electron chi connectivity index (χ1n) is 10.5. The Morgan fingerprint density at radius 1 is 1.23 bits per heavy atom. The molecular weight excluding hydrogens is 432 g/mol. The number of hydrogen-bond donors (Lipinski definition) is 2. The quantitative estimate of drug-likeness (QED) is 0.484. The highest BCUT2D eigenvalue weighted by Crippen LogP contribution is 2.40. The van der Waals surface area contributed by atoms with Crippen molar-refractivity contribution < 1.29 is 13.2 Å². The molecule has 1 fully saturated rings. The van der Waals surface area contributed by atoms with Crippen molar-refractivity contribution in [1.29, 1.82) is 0 Å². The number of aryl methyl sites for hydroxylation is 2. The second-order valence-corrected chi connectivity index (χ2v) is 10.7. The third kappa shape index (κ3) is 4.63. The molecule has 0 saturated heterocycles. The molecule has 4 rings (SSSR count). The average molecular weight is 459 g/mol. The van der Waals surface area contributed by atoms with Crippen molar-refractivity contribution >= 4 is 43.2 Å². The Morgan fingerprint density at radius 2 is 2.00 bits per heavy atom. The number of sulfonamides is 1. The molecule has 1 amide bonds. The van der Waals surface area contributed by atoms with Crippen LogP contribution >= 0.6 is 11.3 Å². The number of anilines is 1. The highest BCUT2D eigenvalue weighted by Gasteiger charge is 2.28. The maximum absolute atomic E-state index is 13.0. The third-order valence-corrected chi connectivity index (χ3v) is 8.00. The van der Waals surface area contributed by atoms with Gasteiger partial charge in [-0.1, -0.05) is 19.4 Å². The van der Waals surface area contributed by atoms with Crippen molar-refractivity contribution in [2.45, 2.75) is 57.3 Å². The van der Waals surface area contributed by atoms with Crippen molar-refractivity contribution in [3.63, 3.8) is 0 Å². The molecule has 1 saturated carbocycles. The Hall–Kier alpha value is -2.36. The summed E-state index contributed by atoms with van der Waals surface area (Å²) in [4.78, 5) is 23.9. The van der Waals surface area contributed by atoms with Gasteiger partial charge in [-0.15, -0.1) is 11.3 Å². The van der Waals surface area contributed by atoms with Gasteiger partial charge in [0.15, 0.2) is 0 Å². The Bertz CT molecular complexity index is 1250. The Labute approximate surface area is 186 Å². The number of rotatable bonds is 8. The maximum atomic E-state index is 13.0. The van der Waals surface area contributed by atoms with Crippen molar-refractivity contribution in [1.82, 2.24) is 14.7 Å². The van der Waals surface area contributed by atoms with E-state index in [1.54, 1.807) is 12.1 Å². The molecule has 0 radical (unpaired) electrons. The van der Waals surface area contributed by atoms with E-state index in [4.69, 9.17) is 4.98 Å². The van der Waals surface area contributed by atoms with Gasteiger partial charge in [-0.3, -0.25) is 4.79 Å². The third-order valence-electron chi connectivity index (χ3n) is 5.36. The number of amides is 1. The van der Waals surface area contributed by atoms with Gasteiger partial charge in [-0.25, -0.2) is 23.1 Å². The van der Waals surface area contributed by atoms with Crippen molar-refractivity contribution in [3.05, 3.63) is 46.2 Å². The number of carbonyl (C=O) groups is 1. The normalized spacial score (nSPS) is 14.2. The van der Waals surface area contributed by atoms with Crippen LogP contribution in [0.2, 0.25) is 0 Å². The molecule has 9 heteroatoms. The van der Waals surface area contributed by atoms with Crippen molar-refractivity contribution in [2.75, 3.05) is 11.9 Å². The lowest BCUT2D eigenvalue weighted by atomic mass is 10.1. The number of aromatic nitrogens is 2. The predicted octanol–water partition coefficient (Wildman–Crippen LogP) is 4.52. The minimum absolute atomic E-state index is 0.130. The lowest BCUT2D eigenvalue weighted by molar-refractivity contribution is 0.103. The van der Waals surface area contributed by atoms with Crippen LogP contribution in [0.25, 0.3) is 10.2 Å². The van der Waals surface area contributed by atoms with Gasteiger partial charge in [0.05, 0.1) is 15.5 Å². The van der Waals surface area contributed by atoms with Crippen LogP contribution in [0.1, 0.15) is 65.3 Å². The Morgan fingerprint density at radius 3 is 2.71 bits per heavy atom. The van der Waals surface area contributed by atoms with Crippen molar-refractivity contribution in [2.24, 2.45) is 0 Å². The number of hydrogen-bond acceptors (Lipinski definition) is 6. The molecule has 0 aliphatic heterocycles. The number of nitrogens with zero attached hydrogens (tertiary/aromatic N) is 2. The number of fused-ring (bicyclic) bond motifs is 1. The van der Waals surface area contributed by atoms with Gasteiger partial charge < -0.3 is 5.32 Å². The zero-order chi connectivity index (χ0) is 22.2. The van der Waals surface area contributed by atoms with Gasteiger partial charge in [0.25, 0.3) is 5.91 Å². The molecule has 0 unspecified atom stereocenters. The Balaban J connectivity index is 1.58. The van der Waals surface area contributed by atoms with Crippen LogP contribution in [0, 0.1) is 13.8 Å². The van der Waals surface area contributed by atoms with E-state index in [1.165, 1.54) is 23.5 Å². The first-order chi connectivity index (χ1) is 14.8. The summed E-state index contributed by atoms with van der Waals surface area (Å²) in [5, 5.41) is 3.77. The van der Waals surface area contributed by atoms with E-state index < -0.39 is 10.0 Å². The van der Waals surface area contributed by atoms with Crippen LogP contribution in [0.3, 0.4) is 0 Å². The van der Waals surface area contributed by atoms with Gasteiger partial charge in [-0.05, 0) is 56.9 Å². The van der Waals surface area contributed by atoms with E-state index in [0.717, 1.165) is 53.0 Å². The monoisotopic (exact) mass is 458 g/mol. The molecule has 0 atom stereocenters. The van der Waals surface area contributed by atoms with Crippen LogP contribution in [-0.2, 0) is 10.0 Å². The summed E-state index contributed by atoms with van der Waals surface area (Å²) < 4.78 is 27.5. The Kier molecular flexibility index (Phi) is 6.09. The van der Waals surface area contributed by atoms with Crippen LogP contribution in [-0.4, -0.2) is 30.8 Å². The summed E-state index contributed by atoms with van der Waals surface area (Å²) in [7, 11) is -3.61. The second kappa shape index (κ2) is 8.64. The van der Waals surface area contributed by atoms with E-state index in [-0.39, 0.29) is 10.8 Å². The van der Waals surface area contributed by atoms with Gasteiger partial charge in [0, 0.05) is 23.5 Å². The summed E-state index contributed by atoms with van der Waals surface area (Å²) in [6, 6.07) is 6.30. The molecule has 3 aromatic rings. The zero-order valence-corrected chi connectivity index (χ0v) is 19.5. The SMILES string of the molecule is CCCCNS(=O)(=O)c1cccc(NC(=O)c2sc3nc(C4CC4)nc(C)c3c2C)c1. The van der Waals surface area contributed by atoms with E-state index in [0.29, 0.717) is 23.0 Å². The topological polar surface area (TPSA) is 101 Å². The van der Waals surface area contributed by atoms with Gasteiger partial charge >= 0.3 is 0 Å². The minimum atomic E-state index is -3.61. The van der Waals surface area contributed by atoms with Gasteiger partial charge in [-0.2, -0.15) is 0 Å². The maximum Gasteiger partial charge on any atom is 0.266 e. The van der Waals surface area contributed by atoms with E-state index >= 15 is 0 Å². The van der Waals surface area contributed by atoms with E-state index in [1.807, 2.05) is 20.8 Å². The van der Waals surface area contributed by atoms with Crippen LogP contribution in [0.4, 0.5) is 5.69 Å². The van der Waals surface area contributed by atoms with Gasteiger partial charge in [0.2, 0.25) is 10.0 Å². The number of unbranched alkanes of at least 4 members (excludes halogenated alkanes) is 1. The standard InChI is InChI=1S/C22H26N4O3S2/c1-4-5-11-23-31(28,29)17-8-6-7-16(12-17)25-21(27)19-13(2)18-14(3)24-20(15-9-10-15)26-22(18)30-19/h6-8,12,15,23H,4-5,9-11H2,1-3H3,(H,25,27). The fraction of sp³-hybridized carbons (Fsp3) is 0.409. The van der Waals surface area contributed by atoms with Crippen LogP contribution < -0.4 is 10.0 Å². The van der Waals surface area contributed by atoms with Gasteiger partial charge in [0.1, 0.15) is 10.7 Å². The first-order valence-corrected chi connectivity index (χ1v) is 12.8. The molecule has 164 valence electrons. The highest BCUT2D eigenvalue weighted by molar-refractivity contribution is 7.89. The highest BCUT2D eigenvalue weighted by atomic mass is 32.2. The molecule has 1 aromatic carbocycles. The van der Waals surface area contributed by atoms with Crippen LogP contribution in [0.5, 0.6) is 0 Å². The van der Waals surface area contributed by atoms with Crippen LogP contribution in [0.15, 0.2) is 29.2 Å². The molecule has 2 N–H and O–H groups in total. The molecule has 7 nitrogen and oxygen atoms in total. The number of benzene rings is 1. The fourth-order valence-electron chi connectivity index (χ4n) is 3.50. The summed E-state index contributed by atoms with van der Waals surface area (Å²) >= 11 is 1.35. The second-order valence-electron chi connectivity index (χ2n) is 7.91. The fourth-order valence-corrected chi connectivity index (χ4v) is 5.75. The molecular formula is C22H26N4O3S2. The lowest BCUT2D eigenvalue weighted by Gasteiger charge is -2.09. The number of thiophene rings is 1. The summed E-state index contributed by atoms with van der Waals surface area (Å²) in [6.07, 6.45) is 3.91. The molecule has 2 heterocycles. The molecule has 0 bridgehead atoms. The molecule has 1 aliphatic carbocycles. The number of nitrogens with one attached hydrogen (secondary N) is 2.